The molecule has 1 rings (SSSR count). The van der Waals surface area contributed by atoms with Crippen LogP contribution < -0.4 is 5.32 Å². The van der Waals surface area contributed by atoms with Crippen LogP contribution in [0, 0.1) is 5.92 Å². The van der Waals surface area contributed by atoms with Gasteiger partial charge in [-0.1, -0.05) is 6.92 Å². The lowest BCUT2D eigenvalue weighted by molar-refractivity contribution is -0.121. The zero-order valence-corrected chi connectivity index (χ0v) is 11.0. The number of carbonyl (C=O) groups excluding carboxylic acids is 1. The van der Waals surface area contributed by atoms with Gasteiger partial charge < -0.3 is 15.3 Å². The van der Waals surface area contributed by atoms with Crippen LogP contribution in [0.5, 0.6) is 0 Å². The Hall–Kier alpha value is -0.610. The number of hydrogen-bond donors (Lipinski definition) is 2. The third kappa shape index (κ3) is 6.03. The molecule has 0 atom stereocenters. The van der Waals surface area contributed by atoms with E-state index in [9.17, 15) is 4.79 Å². The number of aliphatic hydroxyl groups excluding tert-OH is 1. The Bertz CT molecular complexity index is 213. The third-order valence-corrected chi connectivity index (χ3v) is 3.50. The second kappa shape index (κ2) is 8.48. The van der Waals surface area contributed by atoms with Gasteiger partial charge in [0.1, 0.15) is 0 Å². The summed E-state index contributed by atoms with van der Waals surface area (Å²) in [6.07, 6.45) is 4.95. The summed E-state index contributed by atoms with van der Waals surface area (Å²) in [5, 5.41) is 11.7. The lowest BCUT2D eigenvalue weighted by atomic mass is 9.96. The van der Waals surface area contributed by atoms with Crippen LogP contribution in [0.3, 0.4) is 0 Å². The van der Waals surface area contributed by atoms with E-state index < -0.39 is 0 Å². The second-order valence-corrected chi connectivity index (χ2v) is 4.87. The van der Waals surface area contributed by atoms with Crippen LogP contribution in [-0.2, 0) is 4.79 Å². The molecule has 2 N–H and O–H groups in total. The Morgan fingerprint density at radius 3 is 2.65 bits per heavy atom. The molecule has 0 bridgehead atoms. The zero-order valence-electron chi connectivity index (χ0n) is 11.0. The van der Waals surface area contributed by atoms with Crippen LogP contribution in [0.15, 0.2) is 0 Å². The molecule has 0 radical (unpaired) electrons. The number of hydrogen-bond acceptors (Lipinski definition) is 3. The fourth-order valence-electron chi connectivity index (χ4n) is 2.24. The average Bonchev–Trinajstić information content (AvgIpc) is 2.37. The molecule has 1 aliphatic rings. The maximum absolute atomic E-state index is 11.1. The molecule has 0 unspecified atom stereocenters. The number of amides is 1. The summed E-state index contributed by atoms with van der Waals surface area (Å²) in [7, 11) is 0. The van der Waals surface area contributed by atoms with Crippen LogP contribution in [0.25, 0.3) is 0 Å². The predicted molar refractivity (Wildman–Crippen MR) is 68.8 cm³/mol. The van der Waals surface area contributed by atoms with Crippen molar-refractivity contribution in [3.05, 3.63) is 0 Å². The van der Waals surface area contributed by atoms with Crippen LogP contribution >= 0.6 is 0 Å². The molecule has 1 saturated heterocycles. The molecule has 0 saturated carbocycles. The van der Waals surface area contributed by atoms with Crippen LogP contribution in [0.1, 0.15) is 39.0 Å². The maximum Gasteiger partial charge on any atom is 0.219 e. The van der Waals surface area contributed by atoms with Crippen LogP contribution in [0.4, 0.5) is 0 Å². The van der Waals surface area contributed by atoms with E-state index in [1.807, 2.05) is 6.92 Å². The van der Waals surface area contributed by atoms with Gasteiger partial charge in [-0.25, -0.2) is 0 Å². The highest BCUT2D eigenvalue weighted by Crippen LogP contribution is 2.16. The zero-order chi connectivity index (χ0) is 12.5. The molecule has 0 aromatic carbocycles. The molecule has 4 heteroatoms. The lowest BCUT2D eigenvalue weighted by Gasteiger charge is -2.31. The van der Waals surface area contributed by atoms with E-state index in [1.165, 1.54) is 12.8 Å². The van der Waals surface area contributed by atoms with Crippen LogP contribution in [0.2, 0.25) is 0 Å². The summed E-state index contributed by atoms with van der Waals surface area (Å²) < 4.78 is 0. The average molecular weight is 242 g/mol. The molecular formula is C13H26N2O2. The molecular weight excluding hydrogens is 216 g/mol. The van der Waals surface area contributed by atoms with Gasteiger partial charge in [0.2, 0.25) is 5.91 Å². The van der Waals surface area contributed by atoms with Crippen molar-refractivity contribution in [3.63, 3.8) is 0 Å². The van der Waals surface area contributed by atoms with Gasteiger partial charge in [-0.3, -0.25) is 4.79 Å². The van der Waals surface area contributed by atoms with Crippen molar-refractivity contribution in [1.29, 1.82) is 0 Å². The van der Waals surface area contributed by atoms with Crippen molar-refractivity contribution < 1.29 is 9.90 Å². The number of carbonyl (C=O) groups is 1. The molecule has 1 amide bonds. The topological polar surface area (TPSA) is 52.6 Å². The summed E-state index contributed by atoms with van der Waals surface area (Å²) in [6.45, 7) is 6.42. The van der Waals surface area contributed by atoms with E-state index in [4.69, 9.17) is 5.11 Å². The summed E-state index contributed by atoms with van der Waals surface area (Å²) in [5.74, 6) is 0.815. The predicted octanol–water partition coefficient (Wildman–Crippen LogP) is 0.997. The third-order valence-electron chi connectivity index (χ3n) is 3.50. The number of likely N-dealkylation sites (tertiary alicyclic amines) is 1. The largest absolute Gasteiger partial charge is 0.396 e. The smallest absolute Gasteiger partial charge is 0.219 e. The summed E-state index contributed by atoms with van der Waals surface area (Å²) in [5.41, 5.74) is 0. The molecule has 0 aromatic heterocycles. The normalized spacial score (nSPS) is 18.2. The first-order chi connectivity index (χ1) is 8.26. The SMILES string of the molecule is CCC(=O)NCC1CCN(CCCCO)CC1. The van der Waals surface area contributed by atoms with Gasteiger partial charge in [0.15, 0.2) is 0 Å². The van der Waals surface area contributed by atoms with Crippen molar-refractivity contribution in [2.75, 3.05) is 32.8 Å². The van der Waals surface area contributed by atoms with Crippen molar-refractivity contribution >= 4 is 5.91 Å². The molecule has 0 aromatic rings. The standard InChI is InChI=1S/C13H26N2O2/c1-2-13(17)14-11-12-5-8-15(9-6-12)7-3-4-10-16/h12,16H,2-11H2,1H3,(H,14,17). The Morgan fingerprint density at radius 1 is 1.35 bits per heavy atom. The number of nitrogens with zero attached hydrogens (tertiary/aromatic N) is 1. The van der Waals surface area contributed by atoms with Gasteiger partial charge >= 0.3 is 0 Å². The Morgan fingerprint density at radius 2 is 2.06 bits per heavy atom. The number of nitrogens with one attached hydrogen (secondary N) is 1. The number of piperidine rings is 1. The van der Waals surface area contributed by atoms with E-state index >= 15 is 0 Å². The Balaban J connectivity index is 2.07. The molecule has 1 fully saturated rings. The van der Waals surface area contributed by atoms with Crippen molar-refractivity contribution in [3.8, 4) is 0 Å². The molecule has 0 spiro atoms. The van der Waals surface area contributed by atoms with Gasteiger partial charge in [-0.2, -0.15) is 0 Å². The highest BCUT2D eigenvalue weighted by Gasteiger charge is 2.18. The van der Waals surface area contributed by atoms with Crippen molar-refractivity contribution in [2.24, 2.45) is 5.92 Å². The van der Waals surface area contributed by atoms with Gasteiger partial charge in [0, 0.05) is 19.6 Å². The van der Waals surface area contributed by atoms with E-state index in [0.717, 1.165) is 39.0 Å². The Labute approximate surface area is 104 Å². The highest BCUT2D eigenvalue weighted by molar-refractivity contribution is 5.75. The van der Waals surface area contributed by atoms with Gasteiger partial charge in [0.05, 0.1) is 0 Å². The van der Waals surface area contributed by atoms with E-state index in [-0.39, 0.29) is 5.91 Å². The minimum absolute atomic E-state index is 0.162. The molecule has 4 nitrogen and oxygen atoms in total. The molecule has 0 aliphatic carbocycles. The van der Waals surface area contributed by atoms with Crippen LogP contribution in [-0.4, -0.2) is 48.7 Å². The highest BCUT2D eigenvalue weighted by atomic mass is 16.2. The molecule has 1 aliphatic heterocycles. The lowest BCUT2D eigenvalue weighted by Crippen LogP contribution is -2.38. The molecule has 17 heavy (non-hydrogen) atoms. The minimum atomic E-state index is 0.162. The fraction of sp³-hybridized carbons (Fsp3) is 0.923. The van der Waals surface area contributed by atoms with Crippen molar-refractivity contribution in [1.82, 2.24) is 10.2 Å². The minimum Gasteiger partial charge on any atom is -0.396 e. The number of unbranched alkanes of at least 4 members (excludes halogenated alkanes) is 1. The number of rotatable bonds is 7. The van der Waals surface area contributed by atoms with E-state index in [2.05, 4.69) is 10.2 Å². The second-order valence-electron chi connectivity index (χ2n) is 4.87. The monoisotopic (exact) mass is 242 g/mol. The fourth-order valence-corrected chi connectivity index (χ4v) is 2.24. The Kier molecular flexibility index (Phi) is 7.21. The number of aliphatic hydroxyl groups is 1. The van der Waals surface area contributed by atoms with Gasteiger partial charge in [-0.05, 0) is 51.2 Å². The van der Waals surface area contributed by atoms with E-state index in [1.54, 1.807) is 0 Å². The molecule has 100 valence electrons. The van der Waals surface area contributed by atoms with Crippen molar-refractivity contribution in [2.45, 2.75) is 39.0 Å². The quantitative estimate of drug-likeness (QED) is 0.655. The summed E-state index contributed by atoms with van der Waals surface area (Å²) >= 11 is 0. The summed E-state index contributed by atoms with van der Waals surface area (Å²) in [6, 6.07) is 0. The molecule has 1 heterocycles. The van der Waals surface area contributed by atoms with Gasteiger partial charge in [0.25, 0.3) is 0 Å². The van der Waals surface area contributed by atoms with Gasteiger partial charge in [-0.15, -0.1) is 0 Å². The first kappa shape index (κ1) is 14.5. The first-order valence-electron chi connectivity index (χ1n) is 6.86. The first-order valence-corrected chi connectivity index (χ1v) is 6.86. The summed E-state index contributed by atoms with van der Waals surface area (Å²) in [4.78, 5) is 13.6. The maximum atomic E-state index is 11.1. The van der Waals surface area contributed by atoms with E-state index in [0.29, 0.717) is 18.9 Å².